The second-order valence-corrected chi connectivity index (χ2v) is 6.37. The fourth-order valence-electron chi connectivity index (χ4n) is 3.89. The molecule has 0 saturated carbocycles. The predicted molar refractivity (Wildman–Crippen MR) is 78.5 cm³/mol. The van der Waals surface area contributed by atoms with E-state index in [4.69, 9.17) is 4.74 Å². The molecule has 2 fully saturated rings. The predicted octanol–water partition coefficient (Wildman–Crippen LogP) is 2.31. The van der Waals surface area contributed by atoms with Crippen LogP contribution in [0, 0.1) is 11.2 Å². The number of hydrogen-bond acceptors (Lipinski definition) is 4. The minimum Gasteiger partial charge on any atom is -0.468 e. The number of Topliss-reactive ketones (excluding diaryl/α,β-unsaturated/α-hetero) is 1. The Morgan fingerprint density at radius 3 is 2.68 bits per heavy atom. The van der Waals surface area contributed by atoms with Crippen LogP contribution in [0.25, 0.3) is 0 Å². The first-order valence-corrected chi connectivity index (χ1v) is 7.58. The zero-order chi connectivity index (χ0) is 15.9. The fraction of sp³-hybridized carbons (Fsp3) is 0.529. The van der Waals surface area contributed by atoms with E-state index in [1.807, 2.05) is 0 Å². The first-order chi connectivity index (χ1) is 10.5. The number of carbonyl (C=O) groups excluding carboxylic acids is 2. The van der Waals surface area contributed by atoms with Crippen LogP contribution in [0.1, 0.15) is 31.7 Å². The molecule has 118 valence electrons. The molecule has 0 spiro atoms. The van der Waals surface area contributed by atoms with E-state index < -0.39 is 11.4 Å². The van der Waals surface area contributed by atoms with Crippen molar-refractivity contribution in [2.75, 3.05) is 7.11 Å². The number of esters is 1. The summed E-state index contributed by atoms with van der Waals surface area (Å²) < 4.78 is 17.9. The second kappa shape index (κ2) is 5.47. The molecule has 3 unspecified atom stereocenters. The van der Waals surface area contributed by atoms with E-state index in [1.165, 1.54) is 19.2 Å². The number of benzene rings is 1. The van der Waals surface area contributed by atoms with Gasteiger partial charge in [0.25, 0.3) is 0 Å². The minimum absolute atomic E-state index is 0.0257. The first-order valence-electron chi connectivity index (χ1n) is 7.58. The highest BCUT2D eigenvalue weighted by molar-refractivity contribution is 6.05. The Morgan fingerprint density at radius 1 is 1.36 bits per heavy atom. The Hall–Kier alpha value is -1.75. The third-order valence-corrected chi connectivity index (χ3v) is 5.20. The molecule has 0 radical (unpaired) electrons. The van der Waals surface area contributed by atoms with Crippen molar-refractivity contribution in [1.82, 2.24) is 4.90 Å². The largest absolute Gasteiger partial charge is 0.468 e. The van der Waals surface area contributed by atoms with E-state index in [0.29, 0.717) is 13.0 Å². The number of hydrogen-bond donors (Lipinski definition) is 0. The Labute approximate surface area is 129 Å². The number of halogens is 1. The Bertz CT molecular complexity index is 600. The molecular formula is C17H20FNO3. The van der Waals surface area contributed by atoms with Gasteiger partial charge in [0.05, 0.1) is 7.11 Å². The highest BCUT2D eigenvalue weighted by Crippen LogP contribution is 2.45. The van der Waals surface area contributed by atoms with Gasteiger partial charge in [-0.25, -0.2) is 4.39 Å². The molecule has 1 aromatic carbocycles. The standard InChI is InChI=1S/C17H20FNO3/c1-17(16(21)22-2)14-8-7-13(9-15(17)20)19(14)10-11-3-5-12(18)6-4-11/h3-6,13-14H,7-10H2,1-2H3. The number of fused-ring (bicyclic) bond motifs is 2. The van der Waals surface area contributed by atoms with Gasteiger partial charge in [0.15, 0.2) is 5.78 Å². The number of nitrogens with zero attached hydrogens (tertiary/aromatic N) is 1. The number of carbonyl (C=O) groups is 2. The molecule has 2 saturated heterocycles. The quantitative estimate of drug-likeness (QED) is 0.635. The summed E-state index contributed by atoms with van der Waals surface area (Å²) in [5.74, 6) is -0.742. The fourth-order valence-corrected chi connectivity index (χ4v) is 3.89. The topological polar surface area (TPSA) is 46.6 Å². The molecule has 2 heterocycles. The third-order valence-electron chi connectivity index (χ3n) is 5.20. The summed E-state index contributed by atoms with van der Waals surface area (Å²) in [6.07, 6.45) is 2.09. The summed E-state index contributed by atoms with van der Waals surface area (Å²) in [6, 6.07) is 6.40. The first kappa shape index (κ1) is 15.2. The molecule has 22 heavy (non-hydrogen) atoms. The number of ketones is 1. The van der Waals surface area contributed by atoms with Gasteiger partial charge in [-0.1, -0.05) is 12.1 Å². The van der Waals surface area contributed by atoms with Gasteiger partial charge < -0.3 is 4.74 Å². The Kier molecular flexibility index (Phi) is 3.77. The van der Waals surface area contributed by atoms with Gasteiger partial charge in [-0.05, 0) is 37.5 Å². The molecule has 0 aliphatic carbocycles. The highest BCUT2D eigenvalue weighted by Gasteiger charge is 2.58. The molecule has 4 nitrogen and oxygen atoms in total. The van der Waals surface area contributed by atoms with Crippen LogP contribution in [0.15, 0.2) is 24.3 Å². The highest BCUT2D eigenvalue weighted by atomic mass is 19.1. The molecule has 0 N–H and O–H groups in total. The summed E-state index contributed by atoms with van der Waals surface area (Å²) in [4.78, 5) is 26.9. The van der Waals surface area contributed by atoms with E-state index in [0.717, 1.165) is 18.4 Å². The van der Waals surface area contributed by atoms with Crippen LogP contribution in [0.3, 0.4) is 0 Å². The van der Waals surface area contributed by atoms with Crippen LogP contribution in [0.2, 0.25) is 0 Å². The Morgan fingerprint density at radius 2 is 2.05 bits per heavy atom. The van der Waals surface area contributed by atoms with Gasteiger partial charge in [0.2, 0.25) is 0 Å². The molecule has 5 heteroatoms. The van der Waals surface area contributed by atoms with E-state index in [2.05, 4.69) is 4.90 Å². The molecule has 0 aromatic heterocycles. The van der Waals surface area contributed by atoms with Crippen LogP contribution in [0.5, 0.6) is 0 Å². The normalized spacial score (nSPS) is 31.3. The molecule has 1 aromatic rings. The average Bonchev–Trinajstić information content (AvgIpc) is 2.84. The third kappa shape index (κ3) is 2.24. The monoisotopic (exact) mass is 305 g/mol. The van der Waals surface area contributed by atoms with E-state index in [-0.39, 0.29) is 23.7 Å². The summed E-state index contributed by atoms with van der Waals surface area (Å²) >= 11 is 0. The lowest BCUT2D eigenvalue weighted by Gasteiger charge is -2.43. The van der Waals surface area contributed by atoms with Crippen molar-refractivity contribution in [1.29, 1.82) is 0 Å². The number of rotatable bonds is 3. The SMILES string of the molecule is COC(=O)C1(C)C(=O)CC2CCC1N2Cc1ccc(F)cc1. The summed E-state index contributed by atoms with van der Waals surface area (Å²) in [5.41, 5.74) is -0.109. The van der Waals surface area contributed by atoms with Gasteiger partial charge >= 0.3 is 5.97 Å². The van der Waals surface area contributed by atoms with Gasteiger partial charge in [-0.15, -0.1) is 0 Å². The second-order valence-electron chi connectivity index (χ2n) is 6.37. The van der Waals surface area contributed by atoms with E-state index in [9.17, 15) is 14.0 Å². The lowest BCUT2D eigenvalue weighted by Crippen LogP contribution is -2.58. The maximum atomic E-state index is 13.0. The van der Waals surface area contributed by atoms with Crippen LogP contribution in [0.4, 0.5) is 4.39 Å². The lowest BCUT2D eigenvalue weighted by atomic mass is 9.74. The molecule has 2 bridgehead atoms. The van der Waals surface area contributed by atoms with Crippen molar-refractivity contribution in [2.45, 2.75) is 44.8 Å². The smallest absolute Gasteiger partial charge is 0.320 e. The minimum atomic E-state index is -1.10. The van der Waals surface area contributed by atoms with E-state index >= 15 is 0 Å². The number of methoxy groups -OCH3 is 1. The van der Waals surface area contributed by atoms with Gasteiger partial charge in [-0.2, -0.15) is 0 Å². The summed E-state index contributed by atoms with van der Waals surface area (Å²) in [5, 5.41) is 0. The van der Waals surface area contributed by atoms with Crippen molar-refractivity contribution < 1.29 is 18.7 Å². The van der Waals surface area contributed by atoms with Gasteiger partial charge in [-0.3, -0.25) is 14.5 Å². The van der Waals surface area contributed by atoms with Crippen LogP contribution in [-0.4, -0.2) is 35.8 Å². The molecule has 2 aliphatic rings. The van der Waals surface area contributed by atoms with Crippen molar-refractivity contribution in [2.24, 2.45) is 5.41 Å². The van der Waals surface area contributed by atoms with Gasteiger partial charge in [0, 0.05) is 25.0 Å². The van der Waals surface area contributed by atoms with Crippen LogP contribution >= 0.6 is 0 Å². The molecule has 3 rings (SSSR count). The van der Waals surface area contributed by atoms with E-state index in [1.54, 1.807) is 19.1 Å². The van der Waals surface area contributed by atoms with Crippen molar-refractivity contribution in [3.8, 4) is 0 Å². The summed E-state index contributed by atoms with van der Waals surface area (Å²) in [6.45, 7) is 2.32. The molecular weight excluding hydrogens is 285 g/mol. The zero-order valence-electron chi connectivity index (χ0n) is 12.8. The van der Waals surface area contributed by atoms with Crippen LogP contribution < -0.4 is 0 Å². The van der Waals surface area contributed by atoms with Gasteiger partial charge in [0.1, 0.15) is 11.2 Å². The maximum absolute atomic E-state index is 13.0. The van der Waals surface area contributed by atoms with Crippen molar-refractivity contribution in [3.05, 3.63) is 35.6 Å². The number of ether oxygens (including phenoxy) is 1. The molecule has 2 aliphatic heterocycles. The molecule has 3 atom stereocenters. The summed E-state index contributed by atoms with van der Waals surface area (Å²) in [7, 11) is 1.33. The number of piperidine rings is 1. The Balaban J connectivity index is 1.88. The lowest BCUT2D eigenvalue weighted by molar-refractivity contribution is -0.165. The average molecular weight is 305 g/mol. The zero-order valence-corrected chi connectivity index (χ0v) is 12.8. The van der Waals surface area contributed by atoms with Crippen molar-refractivity contribution >= 4 is 11.8 Å². The van der Waals surface area contributed by atoms with Crippen molar-refractivity contribution in [3.63, 3.8) is 0 Å². The van der Waals surface area contributed by atoms with Crippen LogP contribution in [-0.2, 0) is 20.9 Å². The molecule has 0 amide bonds. The maximum Gasteiger partial charge on any atom is 0.320 e.